The number of nitrogens with zero attached hydrogens (tertiary/aromatic N) is 2. The number of nitrogens with two attached hydrogens (primary N) is 1. The van der Waals surface area contributed by atoms with Crippen LogP contribution in [0.5, 0.6) is 0 Å². The highest BCUT2D eigenvalue weighted by Gasteiger charge is 2.45. The topological polar surface area (TPSA) is 158 Å². The molecule has 1 aromatic heterocycles. The molecule has 2 heterocycles. The number of aromatic amines is 1. The Labute approximate surface area is 131 Å². The molecule has 1 saturated heterocycles. The summed E-state index contributed by atoms with van der Waals surface area (Å²) in [5, 5.41) is 45.6. The molecule has 1 aromatic carbocycles. The van der Waals surface area contributed by atoms with E-state index in [4.69, 9.17) is 10.5 Å². The van der Waals surface area contributed by atoms with Crippen molar-refractivity contribution in [2.45, 2.75) is 30.5 Å². The van der Waals surface area contributed by atoms with E-state index < -0.39 is 37.1 Å². The Kier molecular flexibility index (Phi) is 4.28. The molecule has 5 atom stereocenters. The first-order chi connectivity index (χ1) is 11.0. The molecule has 7 N–H and O–H groups in total. The van der Waals surface area contributed by atoms with Gasteiger partial charge in [0.15, 0.2) is 11.6 Å². The maximum atomic E-state index is 10.1. The molecule has 9 nitrogen and oxygen atoms in total. The van der Waals surface area contributed by atoms with Crippen LogP contribution in [0.2, 0.25) is 0 Å². The van der Waals surface area contributed by atoms with Gasteiger partial charge in [-0.1, -0.05) is 0 Å². The van der Waals surface area contributed by atoms with Crippen LogP contribution >= 0.6 is 0 Å². The van der Waals surface area contributed by atoms with Crippen LogP contribution in [0.4, 0.5) is 5.69 Å². The van der Waals surface area contributed by atoms with Crippen molar-refractivity contribution in [1.29, 1.82) is 0 Å². The third-order valence-electron chi connectivity index (χ3n) is 3.83. The number of H-pyrrole nitrogens is 1. The average Bonchev–Trinajstić information content (AvgIpc) is 3.03. The number of ether oxygens (including phenoxy) is 1. The second-order valence-corrected chi connectivity index (χ2v) is 5.42. The lowest BCUT2D eigenvalue weighted by molar-refractivity contribution is -0.233. The average molecular weight is 322 g/mol. The Morgan fingerprint density at radius 3 is 2.43 bits per heavy atom. The fourth-order valence-corrected chi connectivity index (χ4v) is 2.49. The molecule has 1 fully saturated rings. The monoisotopic (exact) mass is 322 g/mol. The summed E-state index contributed by atoms with van der Waals surface area (Å²) in [5.74, 6) is 0.561. The summed E-state index contributed by atoms with van der Waals surface area (Å²) in [7, 11) is 0. The molecule has 1 aliphatic rings. The van der Waals surface area contributed by atoms with Crippen molar-refractivity contribution in [1.82, 2.24) is 15.2 Å². The Bertz CT molecular complexity index is 659. The van der Waals surface area contributed by atoms with Gasteiger partial charge in [0.1, 0.15) is 30.5 Å². The van der Waals surface area contributed by atoms with Gasteiger partial charge in [0, 0.05) is 11.3 Å². The lowest BCUT2D eigenvalue weighted by Gasteiger charge is -2.38. The van der Waals surface area contributed by atoms with Crippen LogP contribution in [0.15, 0.2) is 24.3 Å². The van der Waals surface area contributed by atoms with E-state index in [0.29, 0.717) is 17.1 Å². The van der Waals surface area contributed by atoms with Crippen molar-refractivity contribution < 1.29 is 25.2 Å². The van der Waals surface area contributed by atoms with E-state index in [1.165, 1.54) is 0 Å². The quantitative estimate of drug-likeness (QED) is 0.375. The zero-order valence-corrected chi connectivity index (χ0v) is 12.1. The highest BCUT2D eigenvalue weighted by molar-refractivity contribution is 5.58. The first kappa shape index (κ1) is 15.8. The number of aliphatic hydroxyl groups excluding tert-OH is 4. The molecule has 3 rings (SSSR count). The number of hydrogen-bond acceptors (Lipinski definition) is 8. The summed E-state index contributed by atoms with van der Waals surface area (Å²) in [6.07, 6.45) is -6.31. The molecule has 0 amide bonds. The summed E-state index contributed by atoms with van der Waals surface area (Å²) >= 11 is 0. The van der Waals surface area contributed by atoms with Gasteiger partial charge in [0.25, 0.3) is 0 Å². The molecule has 0 unspecified atom stereocenters. The van der Waals surface area contributed by atoms with E-state index in [1.807, 2.05) is 0 Å². The normalized spacial score (nSPS) is 31.2. The van der Waals surface area contributed by atoms with Gasteiger partial charge < -0.3 is 30.9 Å². The van der Waals surface area contributed by atoms with E-state index in [2.05, 4.69) is 15.2 Å². The van der Waals surface area contributed by atoms with Gasteiger partial charge in [-0.05, 0) is 24.3 Å². The van der Waals surface area contributed by atoms with Gasteiger partial charge >= 0.3 is 0 Å². The van der Waals surface area contributed by atoms with Gasteiger partial charge in [-0.2, -0.15) is 5.10 Å². The predicted octanol–water partition coefficient (Wildman–Crippen LogP) is -1.43. The molecule has 0 radical (unpaired) electrons. The van der Waals surface area contributed by atoms with Crippen LogP contribution in [0.25, 0.3) is 11.4 Å². The number of aromatic nitrogens is 3. The zero-order chi connectivity index (χ0) is 16.6. The molecule has 124 valence electrons. The van der Waals surface area contributed by atoms with Crippen LogP contribution in [0, 0.1) is 0 Å². The number of anilines is 1. The summed E-state index contributed by atoms with van der Waals surface area (Å²) < 4.78 is 5.42. The molecule has 1 aliphatic heterocycles. The fraction of sp³-hybridized carbons (Fsp3) is 0.429. The zero-order valence-electron chi connectivity index (χ0n) is 12.1. The number of rotatable bonds is 3. The van der Waals surface area contributed by atoms with Crippen LogP contribution < -0.4 is 5.73 Å². The van der Waals surface area contributed by atoms with Crippen molar-refractivity contribution in [2.24, 2.45) is 0 Å². The third-order valence-corrected chi connectivity index (χ3v) is 3.83. The highest BCUT2D eigenvalue weighted by Crippen LogP contribution is 2.31. The Morgan fingerprint density at radius 1 is 1.09 bits per heavy atom. The van der Waals surface area contributed by atoms with Gasteiger partial charge in [0.2, 0.25) is 0 Å². The SMILES string of the molecule is Nc1ccc(-c2n[nH]c([C@@H]3O[C@H](CO)[C@@H](O)[C@H](O)[C@H]3O)n2)cc1. The molecule has 0 bridgehead atoms. The summed E-state index contributed by atoms with van der Waals surface area (Å²) in [4.78, 5) is 4.25. The lowest BCUT2D eigenvalue weighted by atomic mass is 9.95. The molecular weight excluding hydrogens is 304 g/mol. The van der Waals surface area contributed by atoms with Crippen LogP contribution in [0.3, 0.4) is 0 Å². The van der Waals surface area contributed by atoms with Crippen molar-refractivity contribution in [3.05, 3.63) is 30.1 Å². The lowest BCUT2D eigenvalue weighted by Crippen LogP contribution is -2.55. The van der Waals surface area contributed by atoms with Crippen molar-refractivity contribution in [2.75, 3.05) is 12.3 Å². The minimum atomic E-state index is -1.46. The minimum Gasteiger partial charge on any atom is -0.399 e. The van der Waals surface area contributed by atoms with E-state index in [0.717, 1.165) is 0 Å². The number of benzene rings is 1. The second-order valence-electron chi connectivity index (χ2n) is 5.42. The molecule has 2 aromatic rings. The van der Waals surface area contributed by atoms with Crippen LogP contribution in [-0.2, 0) is 4.74 Å². The number of aliphatic hydroxyl groups is 4. The van der Waals surface area contributed by atoms with E-state index >= 15 is 0 Å². The number of nitrogen functional groups attached to an aromatic ring is 1. The predicted molar refractivity (Wildman–Crippen MR) is 79.0 cm³/mol. The van der Waals surface area contributed by atoms with Gasteiger partial charge in [-0.3, -0.25) is 5.10 Å². The summed E-state index contributed by atoms with van der Waals surface area (Å²) in [6.45, 7) is -0.500. The standard InChI is InChI=1S/C14H18N4O5/c15-7-3-1-6(2-4-7)13-16-14(18-17-13)12-11(22)10(21)9(20)8(5-19)23-12/h1-4,8-12,19-22H,5,15H2,(H,16,17,18)/t8-,9-,10+,11-,12-/m1/s1. The molecule has 0 spiro atoms. The van der Waals surface area contributed by atoms with Crippen molar-refractivity contribution in [3.63, 3.8) is 0 Å². The number of nitrogens with one attached hydrogen (secondary N) is 1. The molecule has 9 heteroatoms. The largest absolute Gasteiger partial charge is 0.399 e. The van der Waals surface area contributed by atoms with Gasteiger partial charge in [-0.15, -0.1) is 0 Å². The minimum absolute atomic E-state index is 0.189. The first-order valence-electron chi connectivity index (χ1n) is 7.10. The fourth-order valence-electron chi connectivity index (χ4n) is 2.49. The summed E-state index contributed by atoms with van der Waals surface area (Å²) in [5.41, 5.74) is 6.95. The highest BCUT2D eigenvalue weighted by atomic mass is 16.5. The maximum Gasteiger partial charge on any atom is 0.181 e. The Hall–Kier alpha value is -2.04. The van der Waals surface area contributed by atoms with Gasteiger partial charge in [0.05, 0.1) is 6.61 Å². The van der Waals surface area contributed by atoms with Crippen LogP contribution in [-0.4, -0.2) is 66.6 Å². The second kappa shape index (κ2) is 6.22. The van der Waals surface area contributed by atoms with E-state index in [9.17, 15) is 20.4 Å². The van der Waals surface area contributed by atoms with Crippen molar-refractivity contribution >= 4 is 5.69 Å². The smallest absolute Gasteiger partial charge is 0.181 e. The van der Waals surface area contributed by atoms with Crippen molar-refractivity contribution in [3.8, 4) is 11.4 Å². The maximum absolute atomic E-state index is 10.1. The molecule has 0 aliphatic carbocycles. The third kappa shape index (κ3) is 2.92. The summed E-state index contributed by atoms with van der Waals surface area (Å²) in [6, 6.07) is 6.91. The molecule has 23 heavy (non-hydrogen) atoms. The van der Waals surface area contributed by atoms with Gasteiger partial charge in [-0.25, -0.2) is 4.98 Å². The van der Waals surface area contributed by atoms with E-state index in [-0.39, 0.29) is 5.82 Å². The van der Waals surface area contributed by atoms with Crippen LogP contribution in [0.1, 0.15) is 11.9 Å². The Balaban J connectivity index is 1.85. The number of hydrogen-bond donors (Lipinski definition) is 6. The first-order valence-corrected chi connectivity index (χ1v) is 7.10. The van der Waals surface area contributed by atoms with E-state index in [1.54, 1.807) is 24.3 Å². The Morgan fingerprint density at radius 2 is 1.78 bits per heavy atom. The molecule has 0 saturated carbocycles. The molecular formula is C14H18N4O5.